The second-order valence-electron chi connectivity index (χ2n) is 5.78. The SMILES string of the molecule is FC(F)(F)c1ncc2ncn(-c3ccc(OCc4ccccc4)cc3)c2n1. The zero-order valence-corrected chi connectivity index (χ0v) is 13.9. The smallest absolute Gasteiger partial charge is 0.451 e. The second-order valence-corrected chi connectivity index (χ2v) is 5.78. The van der Waals surface area contributed by atoms with Crippen molar-refractivity contribution in [2.75, 3.05) is 0 Å². The van der Waals surface area contributed by atoms with Crippen LogP contribution >= 0.6 is 0 Å². The maximum absolute atomic E-state index is 12.9. The van der Waals surface area contributed by atoms with Crippen molar-refractivity contribution >= 4 is 11.2 Å². The van der Waals surface area contributed by atoms with Crippen LogP contribution in [0.4, 0.5) is 13.2 Å². The number of hydrogen-bond donors (Lipinski definition) is 0. The molecule has 0 atom stereocenters. The minimum Gasteiger partial charge on any atom is -0.489 e. The molecule has 27 heavy (non-hydrogen) atoms. The van der Waals surface area contributed by atoms with E-state index in [1.807, 2.05) is 30.3 Å². The number of benzene rings is 2. The fraction of sp³-hybridized carbons (Fsp3) is 0.105. The van der Waals surface area contributed by atoms with Gasteiger partial charge < -0.3 is 4.74 Å². The first-order valence-corrected chi connectivity index (χ1v) is 8.05. The van der Waals surface area contributed by atoms with E-state index in [4.69, 9.17) is 4.74 Å². The summed E-state index contributed by atoms with van der Waals surface area (Å²) < 4.78 is 45.8. The average molecular weight is 370 g/mol. The van der Waals surface area contributed by atoms with Gasteiger partial charge in [0.15, 0.2) is 5.65 Å². The number of aromatic nitrogens is 4. The number of hydrogen-bond acceptors (Lipinski definition) is 4. The summed E-state index contributed by atoms with van der Waals surface area (Å²) in [5.41, 5.74) is 2.04. The Balaban J connectivity index is 1.58. The first kappa shape index (κ1) is 17.0. The van der Waals surface area contributed by atoms with Gasteiger partial charge in [0.25, 0.3) is 0 Å². The van der Waals surface area contributed by atoms with E-state index in [9.17, 15) is 13.2 Å². The van der Waals surface area contributed by atoms with E-state index in [2.05, 4.69) is 15.0 Å². The molecule has 0 spiro atoms. The number of imidazole rings is 1. The number of halogens is 3. The molecule has 2 heterocycles. The Morgan fingerprint density at radius 2 is 1.67 bits per heavy atom. The summed E-state index contributed by atoms with van der Waals surface area (Å²) in [7, 11) is 0. The van der Waals surface area contributed by atoms with E-state index < -0.39 is 12.0 Å². The number of nitrogens with zero attached hydrogens (tertiary/aromatic N) is 4. The summed E-state index contributed by atoms with van der Waals surface area (Å²) >= 11 is 0. The summed E-state index contributed by atoms with van der Waals surface area (Å²) in [5, 5.41) is 0. The molecule has 0 bridgehead atoms. The molecule has 0 fully saturated rings. The molecular formula is C19H13F3N4O. The van der Waals surface area contributed by atoms with Crippen molar-refractivity contribution in [2.45, 2.75) is 12.8 Å². The van der Waals surface area contributed by atoms with Crippen molar-refractivity contribution in [1.82, 2.24) is 19.5 Å². The van der Waals surface area contributed by atoms with E-state index >= 15 is 0 Å². The predicted octanol–water partition coefficient (Wildman–Crippen LogP) is 4.41. The highest BCUT2D eigenvalue weighted by atomic mass is 19.4. The second kappa shape index (κ2) is 6.71. The summed E-state index contributed by atoms with van der Waals surface area (Å²) in [6.07, 6.45) is -2.13. The van der Waals surface area contributed by atoms with Crippen LogP contribution in [0.3, 0.4) is 0 Å². The van der Waals surface area contributed by atoms with Crippen LogP contribution in [0.1, 0.15) is 11.4 Å². The van der Waals surface area contributed by atoms with E-state index in [-0.39, 0.29) is 11.2 Å². The number of alkyl halides is 3. The van der Waals surface area contributed by atoms with Gasteiger partial charge in [0.2, 0.25) is 5.82 Å². The Hall–Kier alpha value is -3.42. The van der Waals surface area contributed by atoms with Gasteiger partial charge in [-0.1, -0.05) is 30.3 Å². The summed E-state index contributed by atoms with van der Waals surface area (Å²) in [6, 6.07) is 16.7. The highest BCUT2D eigenvalue weighted by Gasteiger charge is 2.35. The van der Waals surface area contributed by atoms with Gasteiger partial charge in [-0.15, -0.1) is 0 Å². The minimum atomic E-state index is -4.61. The van der Waals surface area contributed by atoms with E-state index in [1.165, 1.54) is 10.9 Å². The first-order chi connectivity index (χ1) is 13.0. The molecule has 4 aromatic rings. The lowest BCUT2D eigenvalue weighted by molar-refractivity contribution is -0.144. The first-order valence-electron chi connectivity index (χ1n) is 8.05. The molecular weight excluding hydrogens is 357 g/mol. The molecule has 136 valence electrons. The van der Waals surface area contributed by atoms with Gasteiger partial charge in [-0.3, -0.25) is 4.57 Å². The lowest BCUT2D eigenvalue weighted by atomic mass is 10.2. The summed E-state index contributed by atoms with van der Waals surface area (Å²) in [4.78, 5) is 11.0. The van der Waals surface area contributed by atoms with E-state index in [0.29, 0.717) is 18.0 Å². The van der Waals surface area contributed by atoms with Gasteiger partial charge in [-0.2, -0.15) is 13.2 Å². The monoisotopic (exact) mass is 370 g/mol. The van der Waals surface area contributed by atoms with E-state index in [1.54, 1.807) is 24.3 Å². The van der Waals surface area contributed by atoms with Crippen LogP contribution in [0.2, 0.25) is 0 Å². The molecule has 0 saturated heterocycles. The van der Waals surface area contributed by atoms with Gasteiger partial charge in [0, 0.05) is 5.69 Å². The van der Waals surface area contributed by atoms with Crippen molar-refractivity contribution < 1.29 is 17.9 Å². The standard InChI is InChI=1S/C19H13F3N4O/c20-19(21,22)18-23-10-16-17(25-18)26(12-24-16)14-6-8-15(9-7-14)27-11-13-4-2-1-3-5-13/h1-10,12H,11H2. The topological polar surface area (TPSA) is 52.8 Å². The molecule has 0 unspecified atom stereocenters. The van der Waals surface area contributed by atoms with Gasteiger partial charge >= 0.3 is 6.18 Å². The highest BCUT2D eigenvalue weighted by molar-refractivity contribution is 5.72. The average Bonchev–Trinajstić information content (AvgIpc) is 3.10. The van der Waals surface area contributed by atoms with Crippen LogP contribution in [-0.4, -0.2) is 19.5 Å². The minimum absolute atomic E-state index is 0.0929. The molecule has 0 aliphatic heterocycles. The molecule has 4 rings (SSSR count). The Labute approximate surface area is 152 Å². The molecule has 0 aliphatic rings. The zero-order valence-electron chi connectivity index (χ0n) is 13.9. The predicted molar refractivity (Wildman–Crippen MR) is 92.4 cm³/mol. The molecule has 0 saturated carbocycles. The van der Waals surface area contributed by atoms with Crippen LogP contribution in [0, 0.1) is 0 Å². The molecule has 2 aromatic carbocycles. The fourth-order valence-electron chi connectivity index (χ4n) is 2.58. The zero-order chi connectivity index (χ0) is 18.9. The summed E-state index contributed by atoms with van der Waals surface area (Å²) in [6.45, 7) is 0.427. The quantitative estimate of drug-likeness (QED) is 0.534. The molecule has 0 N–H and O–H groups in total. The van der Waals surface area contributed by atoms with E-state index in [0.717, 1.165) is 11.8 Å². The largest absolute Gasteiger partial charge is 0.489 e. The van der Waals surface area contributed by atoms with Gasteiger partial charge in [0.1, 0.15) is 24.2 Å². The van der Waals surface area contributed by atoms with Crippen molar-refractivity contribution in [1.29, 1.82) is 0 Å². The van der Waals surface area contributed by atoms with Crippen LogP contribution in [0.25, 0.3) is 16.9 Å². The third-order valence-electron chi connectivity index (χ3n) is 3.91. The van der Waals surface area contributed by atoms with Crippen LogP contribution in [0.15, 0.2) is 67.1 Å². The third kappa shape index (κ3) is 3.59. The van der Waals surface area contributed by atoms with Gasteiger partial charge in [-0.25, -0.2) is 15.0 Å². The van der Waals surface area contributed by atoms with Crippen LogP contribution < -0.4 is 4.74 Å². The number of rotatable bonds is 4. The Morgan fingerprint density at radius 1 is 0.926 bits per heavy atom. The molecule has 0 radical (unpaired) electrons. The molecule has 2 aromatic heterocycles. The lowest BCUT2D eigenvalue weighted by Gasteiger charge is -2.09. The Kier molecular flexibility index (Phi) is 4.23. The number of ether oxygens (including phenoxy) is 1. The Bertz CT molecular complexity index is 1060. The highest BCUT2D eigenvalue weighted by Crippen LogP contribution is 2.27. The Morgan fingerprint density at radius 3 is 2.37 bits per heavy atom. The van der Waals surface area contributed by atoms with Crippen molar-refractivity contribution in [3.8, 4) is 11.4 Å². The maximum atomic E-state index is 12.9. The molecule has 8 heteroatoms. The summed E-state index contributed by atoms with van der Waals surface area (Å²) in [5.74, 6) is -0.544. The van der Waals surface area contributed by atoms with Crippen LogP contribution in [-0.2, 0) is 12.8 Å². The third-order valence-corrected chi connectivity index (χ3v) is 3.91. The van der Waals surface area contributed by atoms with Gasteiger partial charge in [0.05, 0.1) is 6.20 Å². The number of fused-ring (bicyclic) bond motifs is 1. The van der Waals surface area contributed by atoms with Gasteiger partial charge in [-0.05, 0) is 29.8 Å². The van der Waals surface area contributed by atoms with Crippen molar-refractivity contribution in [3.05, 3.63) is 78.5 Å². The molecule has 0 amide bonds. The maximum Gasteiger partial charge on any atom is 0.451 e. The molecule has 0 aliphatic carbocycles. The van der Waals surface area contributed by atoms with Crippen LogP contribution in [0.5, 0.6) is 5.75 Å². The van der Waals surface area contributed by atoms with Crippen molar-refractivity contribution in [2.24, 2.45) is 0 Å². The lowest BCUT2D eigenvalue weighted by Crippen LogP contribution is -2.11. The fourth-order valence-corrected chi connectivity index (χ4v) is 2.58. The normalized spacial score (nSPS) is 11.7. The van der Waals surface area contributed by atoms with Crippen molar-refractivity contribution in [3.63, 3.8) is 0 Å². The molecule has 5 nitrogen and oxygen atoms in total.